The maximum absolute atomic E-state index is 12.8. The van der Waals surface area contributed by atoms with Gasteiger partial charge in [-0.1, -0.05) is 37.3 Å². The van der Waals surface area contributed by atoms with Gasteiger partial charge in [0.25, 0.3) is 5.92 Å². The van der Waals surface area contributed by atoms with Gasteiger partial charge < -0.3 is 4.74 Å². The molecule has 1 aromatic rings. The summed E-state index contributed by atoms with van der Waals surface area (Å²) in [6.45, 7) is 2.14. The largest absolute Gasteiger partial charge is 0.376 e. The van der Waals surface area contributed by atoms with Gasteiger partial charge in [-0.25, -0.2) is 8.78 Å². The number of alkyl halides is 2. The van der Waals surface area contributed by atoms with Crippen LogP contribution in [0.1, 0.15) is 12.5 Å². The summed E-state index contributed by atoms with van der Waals surface area (Å²) in [4.78, 5) is 0. The van der Waals surface area contributed by atoms with Gasteiger partial charge in [0.15, 0.2) is 0 Å². The molecular weight excluding hydrogens is 198 g/mol. The Morgan fingerprint density at radius 1 is 1.27 bits per heavy atom. The summed E-state index contributed by atoms with van der Waals surface area (Å²) in [6.07, 6.45) is 0. The van der Waals surface area contributed by atoms with E-state index in [1.54, 1.807) is 6.92 Å². The van der Waals surface area contributed by atoms with Gasteiger partial charge in [0, 0.05) is 5.92 Å². The summed E-state index contributed by atoms with van der Waals surface area (Å²) < 4.78 is 30.9. The Hall–Kier alpha value is -0.960. The molecule has 3 heteroatoms. The number of rotatable bonds is 4. The average Bonchev–Trinajstić information content (AvgIpc) is 2.70. The Labute approximate surface area is 88.1 Å². The highest BCUT2D eigenvalue weighted by Crippen LogP contribution is 2.54. The summed E-state index contributed by atoms with van der Waals surface area (Å²) in [5.74, 6) is -3.61. The molecule has 1 nitrogen and oxygen atoms in total. The summed E-state index contributed by atoms with van der Waals surface area (Å²) in [5.41, 5.74) is 1.02. The van der Waals surface area contributed by atoms with E-state index in [1.165, 1.54) is 0 Å². The van der Waals surface area contributed by atoms with Gasteiger partial charge in [0.2, 0.25) is 0 Å². The molecule has 0 heterocycles. The fourth-order valence-electron chi connectivity index (χ4n) is 1.69. The predicted molar refractivity (Wildman–Crippen MR) is 53.7 cm³/mol. The van der Waals surface area contributed by atoms with Crippen molar-refractivity contribution in [3.8, 4) is 0 Å². The molecule has 0 saturated heterocycles. The molecule has 0 radical (unpaired) electrons. The molecule has 0 bridgehead atoms. The summed E-state index contributed by atoms with van der Waals surface area (Å²) >= 11 is 0. The maximum Gasteiger partial charge on any atom is 0.256 e. The number of ether oxygens (including phenoxy) is 1. The molecule has 2 rings (SSSR count). The third-order valence-electron chi connectivity index (χ3n) is 3.00. The van der Waals surface area contributed by atoms with E-state index in [0.717, 1.165) is 5.56 Å². The van der Waals surface area contributed by atoms with Gasteiger partial charge in [0.1, 0.15) is 0 Å². The first-order valence-electron chi connectivity index (χ1n) is 5.12. The van der Waals surface area contributed by atoms with E-state index in [-0.39, 0.29) is 6.61 Å². The van der Waals surface area contributed by atoms with Crippen LogP contribution in [-0.4, -0.2) is 12.5 Å². The fourth-order valence-corrected chi connectivity index (χ4v) is 1.69. The van der Waals surface area contributed by atoms with Gasteiger partial charge in [-0.2, -0.15) is 0 Å². The van der Waals surface area contributed by atoms with Gasteiger partial charge in [-0.05, 0) is 5.56 Å². The van der Waals surface area contributed by atoms with Crippen molar-refractivity contribution >= 4 is 0 Å². The zero-order valence-corrected chi connectivity index (χ0v) is 8.62. The van der Waals surface area contributed by atoms with Gasteiger partial charge in [0.05, 0.1) is 19.1 Å². The molecular formula is C12H14F2O. The molecule has 1 aromatic carbocycles. The topological polar surface area (TPSA) is 9.23 Å². The summed E-state index contributed by atoms with van der Waals surface area (Å²) in [6, 6.07) is 9.59. The molecule has 0 unspecified atom stereocenters. The SMILES string of the molecule is C[C@@H]1[C@@H](COCc2ccccc2)C1(F)F. The van der Waals surface area contributed by atoms with Crippen molar-refractivity contribution in [2.75, 3.05) is 6.61 Å². The third kappa shape index (κ3) is 2.17. The number of hydrogen-bond donors (Lipinski definition) is 0. The monoisotopic (exact) mass is 212 g/mol. The first-order valence-corrected chi connectivity index (χ1v) is 5.12. The van der Waals surface area contributed by atoms with Crippen molar-refractivity contribution in [1.82, 2.24) is 0 Å². The molecule has 1 fully saturated rings. The van der Waals surface area contributed by atoms with Crippen molar-refractivity contribution in [1.29, 1.82) is 0 Å². The quantitative estimate of drug-likeness (QED) is 0.745. The van der Waals surface area contributed by atoms with Crippen LogP contribution in [0.5, 0.6) is 0 Å². The lowest BCUT2D eigenvalue weighted by molar-refractivity contribution is 0.0466. The fraction of sp³-hybridized carbons (Fsp3) is 0.500. The van der Waals surface area contributed by atoms with Crippen molar-refractivity contribution in [2.24, 2.45) is 11.8 Å². The predicted octanol–water partition coefficient (Wildman–Crippen LogP) is 3.10. The highest BCUT2D eigenvalue weighted by atomic mass is 19.3. The second-order valence-electron chi connectivity index (χ2n) is 4.07. The Bertz CT molecular complexity index is 324. The number of hydrogen-bond acceptors (Lipinski definition) is 1. The van der Waals surface area contributed by atoms with Crippen LogP contribution in [0.3, 0.4) is 0 Å². The summed E-state index contributed by atoms with van der Waals surface area (Å²) in [5, 5.41) is 0. The second-order valence-corrected chi connectivity index (χ2v) is 4.07. The van der Waals surface area contributed by atoms with E-state index in [9.17, 15) is 8.78 Å². The molecule has 1 aliphatic carbocycles. The molecule has 0 N–H and O–H groups in total. The molecule has 1 aliphatic rings. The van der Waals surface area contributed by atoms with Crippen LogP contribution in [0.15, 0.2) is 30.3 Å². The van der Waals surface area contributed by atoms with E-state index < -0.39 is 17.8 Å². The zero-order valence-electron chi connectivity index (χ0n) is 8.62. The highest BCUT2D eigenvalue weighted by molar-refractivity contribution is 5.13. The van der Waals surface area contributed by atoms with Crippen molar-refractivity contribution in [3.05, 3.63) is 35.9 Å². The van der Waals surface area contributed by atoms with Crippen LogP contribution in [0.25, 0.3) is 0 Å². The standard InChI is InChI=1S/C12H14F2O/c1-9-11(12(9,13)14)8-15-7-10-5-3-2-4-6-10/h2-6,9,11H,7-8H2,1H3/t9-,11-/m1/s1. The van der Waals surface area contributed by atoms with E-state index in [2.05, 4.69) is 0 Å². The van der Waals surface area contributed by atoms with Crippen LogP contribution in [0, 0.1) is 11.8 Å². The minimum atomic E-state index is -2.50. The van der Waals surface area contributed by atoms with Crippen LogP contribution < -0.4 is 0 Å². The lowest BCUT2D eigenvalue weighted by Crippen LogP contribution is -2.03. The van der Waals surface area contributed by atoms with Gasteiger partial charge in [-0.3, -0.25) is 0 Å². The van der Waals surface area contributed by atoms with Gasteiger partial charge >= 0.3 is 0 Å². The van der Waals surface area contributed by atoms with Crippen molar-refractivity contribution in [2.45, 2.75) is 19.5 Å². The smallest absolute Gasteiger partial charge is 0.256 e. The Morgan fingerprint density at radius 2 is 1.87 bits per heavy atom. The van der Waals surface area contributed by atoms with E-state index in [1.807, 2.05) is 30.3 Å². The Morgan fingerprint density at radius 3 is 2.40 bits per heavy atom. The molecule has 1 saturated carbocycles. The normalized spacial score (nSPS) is 27.7. The van der Waals surface area contributed by atoms with Gasteiger partial charge in [-0.15, -0.1) is 0 Å². The lowest BCUT2D eigenvalue weighted by atomic mass is 10.2. The van der Waals surface area contributed by atoms with Crippen LogP contribution in [-0.2, 0) is 11.3 Å². The summed E-state index contributed by atoms with van der Waals surface area (Å²) in [7, 11) is 0. The molecule has 15 heavy (non-hydrogen) atoms. The average molecular weight is 212 g/mol. The zero-order chi connectivity index (χ0) is 10.9. The van der Waals surface area contributed by atoms with Crippen molar-refractivity contribution < 1.29 is 13.5 Å². The molecule has 0 aliphatic heterocycles. The minimum absolute atomic E-state index is 0.156. The first kappa shape index (κ1) is 10.6. The number of halogens is 2. The van der Waals surface area contributed by atoms with E-state index in [0.29, 0.717) is 6.61 Å². The van der Waals surface area contributed by atoms with Crippen LogP contribution >= 0.6 is 0 Å². The Kier molecular flexibility index (Phi) is 2.74. The van der Waals surface area contributed by atoms with E-state index in [4.69, 9.17) is 4.74 Å². The molecule has 0 amide bonds. The molecule has 82 valence electrons. The minimum Gasteiger partial charge on any atom is -0.376 e. The molecule has 0 aromatic heterocycles. The van der Waals surface area contributed by atoms with E-state index >= 15 is 0 Å². The third-order valence-corrected chi connectivity index (χ3v) is 3.00. The number of benzene rings is 1. The second kappa shape index (κ2) is 3.89. The maximum atomic E-state index is 12.8. The molecule has 2 atom stereocenters. The Balaban J connectivity index is 1.73. The highest BCUT2D eigenvalue weighted by Gasteiger charge is 2.65. The van der Waals surface area contributed by atoms with Crippen LogP contribution in [0.2, 0.25) is 0 Å². The first-order chi connectivity index (χ1) is 7.12. The van der Waals surface area contributed by atoms with Crippen LogP contribution in [0.4, 0.5) is 8.78 Å². The van der Waals surface area contributed by atoms with Crippen molar-refractivity contribution in [3.63, 3.8) is 0 Å². The lowest BCUT2D eigenvalue weighted by Gasteiger charge is -2.03. The molecule has 0 spiro atoms.